The summed E-state index contributed by atoms with van der Waals surface area (Å²) in [7, 11) is 2.08. The lowest BCUT2D eigenvalue weighted by Gasteiger charge is -2.27. The first-order valence-electron chi connectivity index (χ1n) is 10.3. The molecule has 2 aromatic carbocycles. The van der Waals surface area contributed by atoms with E-state index in [1.54, 1.807) is 29.2 Å². The largest absolute Gasteiger partial charge is 0.378 e. The smallest absolute Gasteiger partial charge is 0.319 e. The number of ether oxygens (including phenoxy) is 1. The lowest BCUT2D eigenvalue weighted by molar-refractivity contribution is 0.0303. The monoisotopic (exact) mass is 410 g/mol. The Hall–Kier alpha value is -2.90. The molecule has 0 unspecified atom stereocenters. The summed E-state index contributed by atoms with van der Waals surface area (Å²) in [6.45, 7) is 6.57. The first kappa shape index (κ1) is 21.8. The average molecular weight is 411 g/mol. The van der Waals surface area contributed by atoms with E-state index in [1.165, 1.54) is 5.56 Å². The van der Waals surface area contributed by atoms with Crippen molar-refractivity contribution in [2.75, 3.05) is 45.2 Å². The zero-order valence-corrected chi connectivity index (χ0v) is 17.7. The molecule has 0 saturated carbocycles. The van der Waals surface area contributed by atoms with Crippen molar-refractivity contribution in [1.29, 1.82) is 0 Å². The molecule has 7 nitrogen and oxygen atoms in total. The Morgan fingerprint density at radius 2 is 1.80 bits per heavy atom. The highest BCUT2D eigenvalue weighted by molar-refractivity contribution is 6.03. The third-order valence-electron chi connectivity index (χ3n) is 5.14. The summed E-state index contributed by atoms with van der Waals surface area (Å²) in [5.74, 6) is -0.0954. The second-order valence-corrected chi connectivity index (χ2v) is 7.41. The predicted octanol–water partition coefficient (Wildman–Crippen LogP) is 2.93. The minimum atomic E-state index is -0.340. The van der Waals surface area contributed by atoms with Crippen LogP contribution >= 0.6 is 0 Å². The first-order chi connectivity index (χ1) is 14.6. The molecule has 3 amide bonds. The van der Waals surface area contributed by atoms with Crippen LogP contribution in [0.3, 0.4) is 0 Å². The van der Waals surface area contributed by atoms with Crippen LogP contribution in [0.5, 0.6) is 0 Å². The molecular formula is C23H30N4O3. The van der Waals surface area contributed by atoms with Crippen molar-refractivity contribution in [2.45, 2.75) is 20.0 Å². The van der Waals surface area contributed by atoms with Gasteiger partial charge in [0.15, 0.2) is 0 Å². The molecule has 0 spiro atoms. The van der Waals surface area contributed by atoms with Gasteiger partial charge in [-0.2, -0.15) is 0 Å². The topological polar surface area (TPSA) is 73.9 Å². The van der Waals surface area contributed by atoms with Gasteiger partial charge in [-0.15, -0.1) is 0 Å². The van der Waals surface area contributed by atoms with Gasteiger partial charge in [0, 0.05) is 26.2 Å². The Morgan fingerprint density at radius 3 is 2.57 bits per heavy atom. The van der Waals surface area contributed by atoms with Crippen LogP contribution in [-0.2, 0) is 17.8 Å². The number of carbonyl (C=O) groups excluding carboxylic acids is 2. The average Bonchev–Trinajstić information content (AvgIpc) is 2.78. The molecule has 160 valence electrons. The zero-order chi connectivity index (χ0) is 21.3. The van der Waals surface area contributed by atoms with Crippen LogP contribution in [0, 0.1) is 0 Å². The number of para-hydroxylation sites is 1. The highest BCUT2D eigenvalue weighted by atomic mass is 16.5. The molecule has 0 aliphatic carbocycles. The molecule has 30 heavy (non-hydrogen) atoms. The van der Waals surface area contributed by atoms with Crippen LogP contribution in [0.25, 0.3) is 0 Å². The summed E-state index contributed by atoms with van der Waals surface area (Å²) in [6.07, 6.45) is 0. The van der Waals surface area contributed by atoms with E-state index in [2.05, 4.69) is 41.6 Å². The lowest BCUT2D eigenvalue weighted by Crippen LogP contribution is -2.41. The third-order valence-corrected chi connectivity index (χ3v) is 5.14. The van der Waals surface area contributed by atoms with Crippen molar-refractivity contribution < 1.29 is 14.3 Å². The summed E-state index contributed by atoms with van der Waals surface area (Å²) in [6, 6.07) is 14.9. The van der Waals surface area contributed by atoms with Crippen molar-refractivity contribution in [2.24, 2.45) is 0 Å². The van der Waals surface area contributed by atoms with Gasteiger partial charge in [0.25, 0.3) is 5.91 Å². The molecule has 0 aromatic heterocycles. The van der Waals surface area contributed by atoms with Crippen molar-refractivity contribution >= 4 is 17.6 Å². The number of nitrogens with one attached hydrogen (secondary N) is 2. The molecule has 1 aliphatic rings. The van der Waals surface area contributed by atoms with E-state index in [4.69, 9.17) is 4.74 Å². The maximum absolute atomic E-state index is 12.8. The quantitative estimate of drug-likeness (QED) is 0.736. The van der Waals surface area contributed by atoms with E-state index >= 15 is 0 Å². The first-order valence-corrected chi connectivity index (χ1v) is 10.3. The number of amides is 3. The minimum absolute atomic E-state index is 0.0954. The molecule has 0 radical (unpaired) electrons. The van der Waals surface area contributed by atoms with Gasteiger partial charge in [-0.25, -0.2) is 4.79 Å². The third kappa shape index (κ3) is 6.05. The Balaban J connectivity index is 1.59. The zero-order valence-electron chi connectivity index (χ0n) is 17.7. The van der Waals surface area contributed by atoms with Crippen molar-refractivity contribution in [3.05, 3.63) is 65.2 Å². The fourth-order valence-corrected chi connectivity index (χ4v) is 3.33. The molecular weight excluding hydrogens is 380 g/mol. The predicted molar refractivity (Wildman–Crippen MR) is 117 cm³/mol. The SMILES string of the molecule is CCN(C)Cc1cccc(CNC(=O)Nc2ccccc2C(=O)N2CCOCC2)c1. The normalized spacial score (nSPS) is 13.9. The molecule has 1 saturated heterocycles. The standard InChI is InChI=1S/C23H30N4O3/c1-3-26(2)17-19-8-6-7-18(15-19)16-24-23(29)25-21-10-5-4-9-20(21)22(28)27-11-13-30-14-12-27/h4-10,15H,3,11-14,16-17H2,1-2H3,(H2,24,25,29). The van der Waals surface area contributed by atoms with E-state index in [0.717, 1.165) is 18.7 Å². The molecule has 1 heterocycles. The number of nitrogens with zero attached hydrogens (tertiary/aromatic N) is 2. The van der Waals surface area contributed by atoms with Crippen LogP contribution < -0.4 is 10.6 Å². The summed E-state index contributed by atoms with van der Waals surface area (Å²) in [5.41, 5.74) is 3.23. The summed E-state index contributed by atoms with van der Waals surface area (Å²) >= 11 is 0. The summed E-state index contributed by atoms with van der Waals surface area (Å²) < 4.78 is 5.31. The van der Waals surface area contributed by atoms with Crippen molar-refractivity contribution in [3.8, 4) is 0 Å². The minimum Gasteiger partial charge on any atom is -0.378 e. The van der Waals surface area contributed by atoms with E-state index in [9.17, 15) is 9.59 Å². The molecule has 3 rings (SSSR count). The number of carbonyl (C=O) groups is 2. The fourth-order valence-electron chi connectivity index (χ4n) is 3.33. The lowest BCUT2D eigenvalue weighted by atomic mass is 10.1. The van der Waals surface area contributed by atoms with E-state index in [-0.39, 0.29) is 11.9 Å². The number of morpholine rings is 1. The van der Waals surface area contributed by atoms with Gasteiger partial charge in [0.05, 0.1) is 24.5 Å². The van der Waals surface area contributed by atoms with E-state index in [0.29, 0.717) is 44.1 Å². The van der Waals surface area contributed by atoms with Gasteiger partial charge in [-0.05, 0) is 36.9 Å². The van der Waals surface area contributed by atoms with Gasteiger partial charge < -0.3 is 25.2 Å². The Kier molecular flexibility index (Phi) is 7.82. The van der Waals surface area contributed by atoms with Crippen LogP contribution in [0.15, 0.2) is 48.5 Å². The number of benzene rings is 2. The maximum Gasteiger partial charge on any atom is 0.319 e. The summed E-state index contributed by atoms with van der Waals surface area (Å²) in [5, 5.41) is 5.70. The highest BCUT2D eigenvalue weighted by Gasteiger charge is 2.21. The van der Waals surface area contributed by atoms with Gasteiger partial charge in [-0.3, -0.25) is 4.79 Å². The Bertz CT molecular complexity index is 865. The number of hydrogen-bond acceptors (Lipinski definition) is 4. The second kappa shape index (κ2) is 10.8. The fraction of sp³-hybridized carbons (Fsp3) is 0.391. The number of rotatable bonds is 7. The Labute approximate surface area is 178 Å². The van der Waals surface area contributed by atoms with E-state index in [1.807, 2.05) is 12.1 Å². The van der Waals surface area contributed by atoms with Gasteiger partial charge >= 0.3 is 6.03 Å². The molecule has 0 bridgehead atoms. The highest BCUT2D eigenvalue weighted by Crippen LogP contribution is 2.18. The van der Waals surface area contributed by atoms with Crippen LogP contribution in [0.1, 0.15) is 28.4 Å². The van der Waals surface area contributed by atoms with Gasteiger partial charge in [-0.1, -0.05) is 43.3 Å². The number of hydrogen-bond donors (Lipinski definition) is 2. The van der Waals surface area contributed by atoms with Crippen LogP contribution in [0.2, 0.25) is 0 Å². The van der Waals surface area contributed by atoms with Crippen molar-refractivity contribution in [3.63, 3.8) is 0 Å². The summed E-state index contributed by atoms with van der Waals surface area (Å²) in [4.78, 5) is 29.3. The number of anilines is 1. The van der Waals surface area contributed by atoms with Crippen LogP contribution in [0.4, 0.5) is 10.5 Å². The van der Waals surface area contributed by atoms with E-state index < -0.39 is 0 Å². The molecule has 1 fully saturated rings. The van der Waals surface area contributed by atoms with Gasteiger partial charge in [0.2, 0.25) is 0 Å². The Morgan fingerprint density at radius 1 is 1.07 bits per heavy atom. The van der Waals surface area contributed by atoms with Crippen molar-refractivity contribution in [1.82, 2.24) is 15.1 Å². The van der Waals surface area contributed by atoms with Gasteiger partial charge in [0.1, 0.15) is 0 Å². The molecule has 2 N–H and O–H groups in total. The molecule has 2 aromatic rings. The molecule has 7 heteroatoms. The molecule has 1 aliphatic heterocycles. The second-order valence-electron chi connectivity index (χ2n) is 7.41. The number of urea groups is 1. The van der Waals surface area contributed by atoms with Crippen LogP contribution in [-0.4, -0.2) is 61.6 Å². The maximum atomic E-state index is 12.8. The molecule has 0 atom stereocenters.